The van der Waals surface area contributed by atoms with Gasteiger partial charge in [0.1, 0.15) is 11.5 Å². The van der Waals surface area contributed by atoms with Gasteiger partial charge in [-0.25, -0.2) is 9.78 Å². The number of benzene rings is 1. The van der Waals surface area contributed by atoms with Crippen LogP contribution in [0.3, 0.4) is 0 Å². The number of anilines is 1. The number of rotatable bonds is 5. The van der Waals surface area contributed by atoms with Crippen molar-refractivity contribution >= 4 is 50.1 Å². The molecule has 2 rings (SSSR count). The van der Waals surface area contributed by atoms with Crippen molar-refractivity contribution in [3.8, 4) is 0 Å². The zero-order valence-electron chi connectivity index (χ0n) is 11.8. The minimum Gasteiger partial charge on any atom is -0.477 e. The lowest BCUT2D eigenvalue weighted by Crippen LogP contribution is -2.33. The SMILES string of the molecule is CCC(C(=N)C(=O)O)C(=O)Nc1nccc2cc(Br)ccc12. The molecule has 6 nitrogen and oxygen atoms in total. The normalized spacial score (nSPS) is 11.9. The van der Waals surface area contributed by atoms with E-state index in [0.29, 0.717) is 5.82 Å². The van der Waals surface area contributed by atoms with Crippen molar-refractivity contribution in [2.24, 2.45) is 5.92 Å². The number of nitrogens with zero attached hydrogens (tertiary/aromatic N) is 1. The molecule has 0 radical (unpaired) electrons. The average molecular weight is 364 g/mol. The van der Waals surface area contributed by atoms with Crippen molar-refractivity contribution in [2.45, 2.75) is 13.3 Å². The predicted molar refractivity (Wildman–Crippen MR) is 87.2 cm³/mol. The van der Waals surface area contributed by atoms with Crippen molar-refractivity contribution in [1.82, 2.24) is 4.98 Å². The van der Waals surface area contributed by atoms with Crippen LogP contribution < -0.4 is 5.32 Å². The molecule has 0 fully saturated rings. The number of hydrogen-bond donors (Lipinski definition) is 3. The summed E-state index contributed by atoms with van der Waals surface area (Å²) in [6.07, 6.45) is 1.79. The maximum atomic E-state index is 12.2. The highest BCUT2D eigenvalue weighted by molar-refractivity contribution is 9.10. The summed E-state index contributed by atoms with van der Waals surface area (Å²) in [7, 11) is 0. The van der Waals surface area contributed by atoms with Crippen LogP contribution in [-0.4, -0.2) is 27.7 Å². The van der Waals surface area contributed by atoms with Gasteiger partial charge in [-0.05, 0) is 36.1 Å². The predicted octanol–water partition coefficient (Wildman–Crippen LogP) is 3.07. The summed E-state index contributed by atoms with van der Waals surface area (Å²) in [5, 5.41) is 20.6. The standard InChI is InChI=1S/C15H14BrN3O3/c1-2-10(12(17)15(21)22)14(20)19-13-11-4-3-9(16)7-8(11)5-6-18-13/h3-7,10,17H,2H2,1H3,(H,21,22)(H,18,19,20). The highest BCUT2D eigenvalue weighted by Crippen LogP contribution is 2.25. The second kappa shape index (κ2) is 6.65. The summed E-state index contributed by atoms with van der Waals surface area (Å²) >= 11 is 3.38. The Bertz CT molecular complexity index is 761. The fourth-order valence-electron chi connectivity index (χ4n) is 2.12. The van der Waals surface area contributed by atoms with Gasteiger partial charge in [-0.2, -0.15) is 0 Å². The molecule has 0 spiro atoms. The van der Waals surface area contributed by atoms with Gasteiger partial charge in [0.2, 0.25) is 5.91 Å². The molecule has 0 saturated carbocycles. The molecule has 1 unspecified atom stereocenters. The molecule has 0 aliphatic carbocycles. The van der Waals surface area contributed by atoms with Crippen LogP contribution in [0.5, 0.6) is 0 Å². The average Bonchev–Trinajstić information content (AvgIpc) is 2.47. The first-order chi connectivity index (χ1) is 10.4. The van der Waals surface area contributed by atoms with Gasteiger partial charge in [0.15, 0.2) is 0 Å². The van der Waals surface area contributed by atoms with Gasteiger partial charge in [-0.3, -0.25) is 10.2 Å². The fraction of sp³-hybridized carbons (Fsp3) is 0.200. The minimum atomic E-state index is -1.39. The zero-order chi connectivity index (χ0) is 16.3. The van der Waals surface area contributed by atoms with E-state index in [1.807, 2.05) is 24.3 Å². The van der Waals surface area contributed by atoms with Gasteiger partial charge in [-0.15, -0.1) is 0 Å². The largest absolute Gasteiger partial charge is 0.477 e. The van der Waals surface area contributed by atoms with E-state index in [9.17, 15) is 9.59 Å². The fourth-order valence-corrected chi connectivity index (χ4v) is 2.50. The van der Waals surface area contributed by atoms with Crippen molar-refractivity contribution in [3.05, 3.63) is 34.9 Å². The van der Waals surface area contributed by atoms with Gasteiger partial charge in [0.25, 0.3) is 0 Å². The van der Waals surface area contributed by atoms with Crippen LogP contribution in [0, 0.1) is 11.3 Å². The number of fused-ring (bicyclic) bond motifs is 1. The number of aromatic nitrogens is 1. The van der Waals surface area contributed by atoms with Crippen LogP contribution in [0.4, 0.5) is 5.82 Å². The van der Waals surface area contributed by atoms with E-state index in [1.165, 1.54) is 0 Å². The molecule has 114 valence electrons. The van der Waals surface area contributed by atoms with Gasteiger partial charge >= 0.3 is 5.97 Å². The smallest absolute Gasteiger partial charge is 0.350 e. The van der Waals surface area contributed by atoms with Crippen LogP contribution in [0.1, 0.15) is 13.3 Å². The second-order valence-corrected chi connectivity index (χ2v) is 5.61. The minimum absolute atomic E-state index is 0.229. The molecular weight excluding hydrogens is 350 g/mol. The summed E-state index contributed by atoms with van der Waals surface area (Å²) in [5.74, 6) is -2.59. The lowest BCUT2D eigenvalue weighted by Gasteiger charge is -2.14. The third-order valence-corrected chi connectivity index (χ3v) is 3.76. The summed E-state index contributed by atoms with van der Waals surface area (Å²) in [6.45, 7) is 1.66. The van der Waals surface area contributed by atoms with E-state index in [0.717, 1.165) is 15.2 Å². The van der Waals surface area contributed by atoms with Crippen LogP contribution in [-0.2, 0) is 9.59 Å². The lowest BCUT2D eigenvalue weighted by atomic mass is 9.99. The Hall–Kier alpha value is -2.28. The molecule has 1 atom stereocenters. The first-order valence-corrected chi connectivity index (χ1v) is 7.40. The van der Waals surface area contributed by atoms with Crippen LogP contribution in [0.25, 0.3) is 10.8 Å². The number of halogens is 1. The Morgan fingerprint density at radius 1 is 1.41 bits per heavy atom. The molecule has 1 heterocycles. The molecule has 22 heavy (non-hydrogen) atoms. The van der Waals surface area contributed by atoms with Crippen LogP contribution in [0.2, 0.25) is 0 Å². The molecule has 3 N–H and O–H groups in total. The number of carboxylic acid groups (broad SMARTS) is 1. The van der Waals surface area contributed by atoms with E-state index in [4.69, 9.17) is 10.5 Å². The van der Waals surface area contributed by atoms with E-state index in [-0.39, 0.29) is 6.42 Å². The number of carbonyl (C=O) groups excluding carboxylic acids is 1. The maximum Gasteiger partial charge on any atom is 0.350 e. The summed E-state index contributed by atoms with van der Waals surface area (Å²) in [5.41, 5.74) is -0.622. The van der Waals surface area contributed by atoms with Gasteiger partial charge < -0.3 is 10.4 Å². The number of pyridine rings is 1. The number of nitrogens with one attached hydrogen (secondary N) is 2. The molecule has 0 saturated heterocycles. The topological polar surface area (TPSA) is 103 Å². The maximum absolute atomic E-state index is 12.2. The van der Waals surface area contributed by atoms with Crippen molar-refractivity contribution in [3.63, 3.8) is 0 Å². The second-order valence-electron chi connectivity index (χ2n) is 4.69. The van der Waals surface area contributed by atoms with Crippen LogP contribution >= 0.6 is 15.9 Å². The lowest BCUT2D eigenvalue weighted by molar-refractivity contribution is -0.130. The van der Waals surface area contributed by atoms with E-state index in [1.54, 1.807) is 13.1 Å². The highest BCUT2D eigenvalue weighted by atomic mass is 79.9. The van der Waals surface area contributed by atoms with E-state index < -0.39 is 23.5 Å². The molecular formula is C15H14BrN3O3. The molecule has 0 bridgehead atoms. The van der Waals surface area contributed by atoms with E-state index in [2.05, 4.69) is 26.2 Å². The molecule has 7 heteroatoms. The summed E-state index contributed by atoms with van der Waals surface area (Å²) in [6, 6.07) is 7.34. The number of hydrogen-bond acceptors (Lipinski definition) is 4. The summed E-state index contributed by atoms with van der Waals surface area (Å²) < 4.78 is 0.905. The number of amides is 1. The van der Waals surface area contributed by atoms with Crippen molar-refractivity contribution in [1.29, 1.82) is 5.41 Å². The van der Waals surface area contributed by atoms with Gasteiger partial charge in [0, 0.05) is 16.1 Å². The van der Waals surface area contributed by atoms with Gasteiger partial charge in [-0.1, -0.05) is 22.9 Å². The Morgan fingerprint density at radius 2 is 2.14 bits per heavy atom. The van der Waals surface area contributed by atoms with E-state index >= 15 is 0 Å². The molecule has 1 amide bonds. The summed E-state index contributed by atoms with van der Waals surface area (Å²) in [4.78, 5) is 27.2. The molecule has 2 aromatic rings. The zero-order valence-corrected chi connectivity index (χ0v) is 13.3. The highest BCUT2D eigenvalue weighted by Gasteiger charge is 2.26. The first kappa shape index (κ1) is 16.1. The Labute approximate surface area is 135 Å². The van der Waals surface area contributed by atoms with Crippen molar-refractivity contribution in [2.75, 3.05) is 5.32 Å². The quantitative estimate of drug-likeness (QED) is 0.710. The molecule has 0 aliphatic heterocycles. The molecule has 0 aliphatic rings. The molecule has 1 aromatic heterocycles. The monoisotopic (exact) mass is 363 g/mol. The van der Waals surface area contributed by atoms with Crippen LogP contribution in [0.15, 0.2) is 34.9 Å². The molecule has 1 aromatic carbocycles. The number of carbonyl (C=O) groups is 2. The third kappa shape index (κ3) is 3.30. The van der Waals surface area contributed by atoms with Crippen molar-refractivity contribution < 1.29 is 14.7 Å². The Morgan fingerprint density at radius 3 is 2.77 bits per heavy atom. The number of aliphatic carboxylic acids is 1. The number of carboxylic acids is 1. The van der Waals surface area contributed by atoms with Gasteiger partial charge in [0.05, 0.1) is 5.92 Å². The Kier molecular flexibility index (Phi) is 4.87. The Balaban J connectivity index is 2.32. The third-order valence-electron chi connectivity index (χ3n) is 3.27. The first-order valence-electron chi connectivity index (χ1n) is 6.61.